The highest BCUT2D eigenvalue weighted by Crippen LogP contribution is 2.28. The molecule has 0 radical (unpaired) electrons. The van der Waals surface area contributed by atoms with Gasteiger partial charge in [0.1, 0.15) is 5.75 Å². The van der Waals surface area contributed by atoms with Gasteiger partial charge in [0.2, 0.25) is 0 Å². The first kappa shape index (κ1) is 15.7. The van der Waals surface area contributed by atoms with Crippen LogP contribution in [0.25, 0.3) is 0 Å². The summed E-state index contributed by atoms with van der Waals surface area (Å²) in [5, 5.41) is 13.2. The summed E-state index contributed by atoms with van der Waals surface area (Å²) in [6.45, 7) is 2.00. The molecule has 3 nitrogen and oxygen atoms in total. The monoisotopic (exact) mass is 303 g/mol. The van der Waals surface area contributed by atoms with Crippen LogP contribution in [0.2, 0.25) is 0 Å². The molecule has 0 saturated heterocycles. The van der Waals surface area contributed by atoms with E-state index in [0.29, 0.717) is 0 Å². The molecule has 2 N–H and O–H groups in total. The number of methoxy groups -OCH3 is 1. The summed E-state index contributed by atoms with van der Waals surface area (Å²) in [4.78, 5) is 1.21. The number of ether oxygens (including phenoxy) is 1. The van der Waals surface area contributed by atoms with E-state index in [1.807, 2.05) is 31.2 Å². The van der Waals surface area contributed by atoms with Gasteiger partial charge in [-0.05, 0) is 55.1 Å². The fraction of sp³-hybridized carbons (Fsp3) is 0.294. The van der Waals surface area contributed by atoms with Crippen molar-refractivity contribution in [1.82, 2.24) is 0 Å². The van der Waals surface area contributed by atoms with Crippen molar-refractivity contribution in [2.75, 3.05) is 25.3 Å². The Balaban J connectivity index is 2.22. The number of nitrogens with one attached hydrogen (secondary N) is 1. The van der Waals surface area contributed by atoms with E-state index < -0.39 is 5.54 Å². The van der Waals surface area contributed by atoms with Crippen LogP contribution < -0.4 is 10.1 Å². The van der Waals surface area contributed by atoms with Crippen LogP contribution in [-0.4, -0.2) is 25.1 Å². The molecule has 0 heterocycles. The van der Waals surface area contributed by atoms with Crippen LogP contribution in [0.3, 0.4) is 0 Å². The molecular formula is C17H21NO2S. The molecule has 0 bridgehead atoms. The molecule has 1 atom stereocenters. The molecular weight excluding hydrogens is 282 g/mol. The molecule has 0 aliphatic heterocycles. The molecule has 0 spiro atoms. The van der Waals surface area contributed by atoms with Crippen LogP contribution in [0.5, 0.6) is 5.75 Å². The van der Waals surface area contributed by atoms with Gasteiger partial charge < -0.3 is 15.2 Å². The van der Waals surface area contributed by atoms with Gasteiger partial charge in [-0.3, -0.25) is 0 Å². The van der Waals surface area contributed by atoms with E-state index in [2.05, 4.69) is 35.8 Å². The van der Waals surface area contributed by atoms with Crippen LogP contribution in [0.1, 0.15) is 12.5 Å². The van der Waals surface area contributed by atoms with Crippen molar-refractivity contribution < 1.29 is 9.84 Å². The van der Waals surface area contributed by atoms with E-state index in [-0.39, 0.29) is 6.61 Å². The molecule has 2 aromatic rings. The topological polar surface area (TPSA) is 41.5 Å². The molecule has 4 heteroatoms. The maximum atomic E-state index is 9.83. The van der Waals surface area contributed by atoms with Crippen molar-refractivity contribution in [1.29, 1.82) is 0 Å². The minimum absolute atomic E-state index is 0.0116. The number of aliphatic hydroxyl groups is 1. The first-order chi connectivity index (χ1) is 10.1. The average Bonchev–Trinajstić information content (AvgIpc) is 2.55. The minimum atomic E-state index is -0.522. The van der Waals surface area contributed by atoms with E-state index in [4.69, 9.17) is 4.74 Å². The molecule has 0 aromatic heterocycles. The van der Waals surface area contributed by atoms with Crippen LogP contribution in [0.15, 0.2) is 53.4 Å². The van der Waals surface area contributed by atoms with E-state index >= 15 is 0 Å². The fourth-order valence-corrected chi connectivity index (χ4v) is 2.56. The molecule has 1 unspecified atom stereocenters. The first-order valence-electron chi connectivity index (χ1n) is 6.79. The lowest BCUT2D eigenvalue weighted by Gasteiger charge is -2.30. The summed E-state index contributed by atoms with van der Waals surface area (Å²) in [6, 6.07) is 15.9. The Bertz CT molecular complexity index is 568. The summed E-state index contributed by atoms with van der Waals surface area (Å²) in [7, 11) is 1.65. The zero-order valence-electron chi connectivity index (χ0n) is 12.6. The third-order valence-electron chi connectivity index (χ3n) is 3.55. The van der Waals surface area contributed by atoms with E-state index in [1.165, 1.54) is 4.90 Å². The number of hydrogen-bond donors (Lipinski definition) is 2. The van der Waals surface area contributed by atoms with Crippen molar-refractivity contribution in [3.8, 4) is 5.75 Å². The maximum absolute atomic E-state index is 9.83. The van der Waals surface area contributed by atoms with Gasteiger partial charge in [0.05, 0.1) is 19.3 Å². The number of hydrogen-bond acceptors (Lipinski definition) is 4. The number of aliphatic hydroxyl groups excluding tert-OH is 1. The van der Waals surface area contributed by atoms with Gasteiger partial charge in [-0.1, -0.05) is 12.1 Å². The summed E-state index contributed by atoms with van der Waals surface area (Å²) in [6.07, 6.45) is 2.05. The molecule has 2 aromatic carbocycles. The molecule has 0 amide bonds. The smallest absolute Gasteiger partial charge is 0.119 e. The number of thioether (sulfide) groups is 1. The number of rotatable bonds is 6. The van der Waals surface area contributed by atoms with Gasteiger partial charge in [-0.2, -0.15) is 0 Å². The third kappa shape index (κ3) is 3.71. The lowest BCUT2D eigenvalue weighted by Crippen LogP contribution is -2.35. The summed E-state index contributed by atoms with van der Waals surface area (Å²) >= 11 is 1.71. The Labute approximate surface area is 130 Å². The zero-order valence-corrected chi connectivity index (χ0v) is 13.4. The molecule has 2 rings (SSSR count). The van der Waals surface area contributed by atoms with Crippen LogP contribution in [0, 0.1) is 0 Å². The Hall–Kier alpha value is -1.65. The van der Waals surface area contributed by atoms with Crippen molar-refractivity contribution in [3.05, 3.63) is 54.1 Å². The van der Waals surface area contributed by atoms with Gasteiger partial charge in [-0.25, -0.2) is 0 Å². The highest BCUT2D eigenvalue weighted by Gasteiger charge is 2.25. The summed E-state index contributed by atoms with van der Waals surface area (Å²) in [5.74, 6) is 0.815. The van der Waals surface area contributed by atoms with Gasteiger partial charge in [0, 0.05) is 10.6 Å². The molecule has 0 saturated carbocycles. The Morgan fingerprint density at radius 1 is 1.10 bits per heavy atom. The largest absolute Gasteiger partial charge is 0.497 e. The summed E-state index contributed by atoms with van der Waals surface area (Å²) < 4.78 is 5.16. The first-order valence-corrected chi connectivity index (χ1v) is 8.01. The van der Waals surface area contributed by atoms with E-state index in [0.717, 1.165) is 17.0 Å². The van der Waals surface area contributed by atoms with Gasteiger partial charge in [0.15, 0.2) is 0 Å². The summed E-state index contributed by atoms with van der Waals surface area (Å²) in [5.41, 5.74) is 1.48. The predicted octanol–water partition coefficient (Wildman–Crippen LogP) is 3.74. The molecule has 112 valence electrons. The highest BCUT2D eigenvalue weighted by atomic mass is 32.2. The van der Waals surface area contributed by atoms with Crippen molar-refractivity contribution in [3.63, 3.8) is 0 Å². The molecule has 21 heavy (non-hydrogen) atoms. The van der Waals surface area contributed by atoms with E-state index in [9.17, 15) is 5.11 Å². The van der Waals surface area contributed by atoms with Crippen LogP contribution >= 0.6 is 11.8 Å². The third-order valence-corrected chi connectivity index (χ3v) is 4.30. The standard InChI is InChI=1S/C17H21NO2S/c1-17(12-19,13-4-10-16(21-3)11-5-13)18-14-6-8-15(20-2)9-7-14/h4-11,18-19H,12H2,1-3H3. The quantitative estimate of drug-likeness (QED) is 0.798. The fourth-order valence-electron chi connectivity index (χ4n) is 2.15. The predicted molar refractivity (Wildman–Crippen MR) is 89.3 cm³/mol. The van der Waals surface area contributed by atoms with Gasteiger partial charge >= 0.3 is 0 Å². The molecule has 0 aliphatic rings. The normalized spacial score (nSPS) is 13.5. The second kappa shape index (κ2) is 6.87. The lowest BCUT2D eigenvalue weighted by atomic mass is 9.92. The van der Waals surface area contributed by atoms with Gasteiger partial charge in [0.25, 0.3) is 0 Å². The van der Waals surface area contributed by atoms with E-state index in [1.54, 1.807) is 18.9 Å². The zero-order chi connectivity index (χ0) is 15.3. The maximum Gasteiger partial charge on any atom is 0.119 e. The Kier molecular flexibility index (Phi) is 5.15. The van der Waals surface area contributed by atoms with Crippen LogP contribution in [0.4, 0.5) is 5.69 Å². The van der Waals surface area contributed by atoms with Crippen molar-refractivity contribution in [2.45, 2.75) is 17.4 Å². The van der Waals surface area contributed by atoms with Crippen molar-refractivity contribution in [2.24, 2.45) is 0 Å². The van der Waals surface area contributed by atoms with Crippen LogP contribution in [-0.2, 0) is 5.54 Å². The highest BCUT2D eigenvalue weighted by molar-refractivity contribution is 7.98. The molecule has 0 aliphatic carbocycles. The minimum Gasteiger partial charge on any atom is -0.497 e. The van der Waals surface area contributed by atoms with Crippen molar-refractivity contribution >= 4 is 17.4 Å². The number of benzene rings is 2. The molecule has 0 fully saturated rings. The number of anilines is 1. The Morgan fingerprint density at radius 3 is 2.19 bits per heavy atom. The second-order valence-electron chi connectivity index (χ2n) is 5.07. The lowest BCUT2D eigenvalue weighted by molar-refractivity contribution is 0.224. The SMILES string of the molecule is COc1ccc(NC(C)(CO)c2ccc(SC)cc2)cc1. The average molecular weight is 303 g/mol. The Morgan fingerprint density at radius 2 is 1.71 bits per heavy atom. The van der Waals surface area contributed by atoms with Gasteiger partial charge in [-0.15, -0.1) is 11.8 Å². The second-order valence-corrected chi connectivity index (χ2v) is 5.95.